The van der Waals surface area contributed by atoms with E-state index in [0.717, 1.165) is 45.0 Å². The van der Waals surface area contributed by atoms with Gasteiger partial charge in [0, 0.05) is 25.3 Å². The van der Waals surface area contributed by atoms with Crippen molar-refractivity contribution in [3.8, 4) is 5.75 Å². The molecule has 128 valence electrons. The molecule has 5 nitrogen and oxygen atoms in total. The van der Waals surface area contributed by atoms with Gasteiger partial charge in [0.15, 0.2) is 0 Å². The number of hydrogen-bond donors (Lipinski definition) is 1. The number of carbonyl (C=O) groups is 1. The first-order chi connectivity index (χ1) is 10.9. The van der Waals surface area contributed by atoms with Crippen molar-refractivity contribution >= 4 is 46.4 Å². The van der Waals surface area contributed by atoms with Gasteiger partial charge in [-0.3, -0.25) is 9.69 Å². The number of amides is 1. The predicted octanol–water partition coefficient (Wildman–Crippen LogP) is 3.10. The number of nitrogens with one attached hydrogen (secondary N) is 1. The number of hydrogen-bond acceptors (Lipinski definition) is 4. The number of halogens is 3. The second-order valence-electron chi connectivity index (χ2n) is 5.13. The molecule has 1 N–H and O–H groups in total. The van der Waals surface area contributed by atoms with Crippen LogP contribution in [-0.4, -0.2) is 54.1 Å². The van der Waals surface area contributed by atoms with Crippen LogP contribution in [0.4, 0.5) is 5.69 Å². The third-order valence-corrected chi connectivity index (χ3v) is 3.88. The fourth-order valence-corrected chi connectivity index (χ4v) is 2.28. The number of benzene rings is 1. The summed E-state index contributed by atoms with van der Waals surface area (Å²) in [6.07, 6.45) is 0.950. The number of alkyl halides is 3. The van der Waals surface area contributed by atoms with Gasteiger partial charge in [0.05, 0.1) is 19.8 Å². The lowest BCUT2D eigenvalue weighted by molar-refractivity contribution is -0.115. The monoisotopic (exact) mass is 380 g/mol. The minimum absolute atomic E-state index is 0.544. The third-order valence-electron chi connectivity index (χ3n) is 3.36. The maximum atomic E-state index is 11.5. The van der Waals surface area contributed by atoms with E-state index in [1.165, 1.54) is 0 Å². The molecule has 1 aliphatic rings. The molecule has 2 rings (SSSR count). The summed E-state index contributed by atoms with van der Waals surface area (Å²) >= 11 is 16.5. The van der Waals surface area contributed by atoms with Crippen LogP contribution in [0.15, 0.2) is 24.3 Å². The van der Waals surface area contributed by atoms with Crippen LogP contribution in [0.5, 0.6) is 5.75 Å². The third kappa shape index (κ3) is 6.73. The van der Waals surface area contributed by atoms with Crippen LogP contribution in [0, 0.1) is 0 Å². The summed E-state index contributed by atoms with van der Waals surface area (Å²) in [6.45, 7) is 5.22. The SMILES string of the molecule is O=C(Nc1ccc(OCCCN2CCOCC2)cc1)C(Cl)(Cl)Cl. The summed E-state index contributed by atoms with van der Waals surface area (Å²) in [7, 11) is 0. The molecular formula is C15H19Cl3N2O3. The van der Waals surface area contributed by atoms with Crippen LogP contribution < -0.4 is 10.1 Å². The highest BCUT2D eigenvalue weighted by Gasteiger charge is 2.30. The molecule has 8 heteroatoms. The largest absolute Gasteiger partial charge is 0.494 e. The molecule has 0 saturated carbocycles. The highest BCUT2D eigenvalue weighted by atomic mass is 35.6. The van der Waals surface area contributed by atoms with Crippen LogP contribution in [0.2, 0.25) is 0 Å². The Morgan fingerprint density at radius 2 is 1.87 bits per heavy atom. The first-order valence-electron chi connectivity index (χ1n) is 7.36. The summed E-state index contributed by atoms with van der Waals surface area (Å²) in [5, 5.41) is 2.51. The Hall–Kier alpha value is -0.720. The van der Waals surface area contributed by atoms with E-state index in [1.54, 1.807) is 24.3 Å². The van der Waals surface area contributed by atoms with E-state index in [1.807, 2.05) is 0 Å². The lowest BCUT2D eigenvalue weighted by atomic mass is 10.3. The van der Waals surface area contributed by atoms with Gasteiger partial charge in [-0.05, 0) is 30.7 Å². The van der Waals surface area contributed by atoms with Crippen LogP contribution in [-0.2, 0) is 9.53 Å². The molecule has 1 aliphatic heterocycles. The van der Waals surface area contributed by atoms with Gasteiger partial charge in [-0.25, -0.2) is 0 Å². The Morgan fingerprint density at radius 1 is 1.22 bits per heavy atom. The molecule has 0 unspecified atom stereocenters. The fourth-order valence-electron chi connectivity index (χ4n) is 2.14. The average molecular weight is 382 g/mol. The van der Waals surface area contributed by atoms with Crippen LogP contribution in [0.3, 0.4) is 0 Å². The Bertz CT molecular complexity index is 500. The molecule has 0 atom stereocenters. The van der Waals surface area contributed by atoms with Crippen molar-refractivity contribution in [3.63, 3.8) is 0 Å². The molecule has 0 aromatic heterocycles. The van der Waals surface area contributed by atoms with Gasteiger partial charge in [-0.2, -0.15) is 0 Å². The quantitative estimate of drug-likeness (QED) is 0.608. The lowest BCUT2D eigenvalue weighted by Gasteiger charge is -2.26. The zero-order valence-corrected chi connectivity index (χ0v) is 14.8. The van der Waals surface area contributed by atoms with Gasteiger partial charge in [-0.1, -0.05) is 34.8 Å². The smallest absolute Gasteiger partial charge is 0.276 e. The number of rotatable bonds is 6. The molecule has 23 heavy (non-hydrogen) atoms. The molecule has 0 spiro atoms. The minimum Gasteiger partial charge on any atom is -0.494 e. The van der Waals surface area contributed by atoms with E-state index in [4.69, 9.17) is 44.3 Å². The summed E-state index contributed by atoms with van der Waals surface area (Å²) < 4.78 is 9.01. The van der Waals surface area contributed by atoms with E-state index in [0.29, 0.717) is 12.3 Å². The Kier molecular flexibility index (Phi) is 7.24. The summed E-state index contributed by atoms with van der Waals surface area (Å²) in [4.78, 5) is 13.9. The van der Waals surface area contributed by atoms with Gasteiger partial charge in [0.25, 0.3) is 9.70 Å². The maximum Gasteiger partial charge on any atom is 0.276 e. The van der Waals surface area contributed by atoms with Crippen molar-refractivity contribution in [1.29, 1.82) is 0 Å². The molecule has 1 aromatic rings. The molecule has 1 fully saturated rings. The Balaban J connectivity index is 1.69. The minimum atomic E-state index is -1.98. The van der Waals surface area contributed by atoms with Gasteiger partial charge in [0.2, 0.25) is 0 Å². The van der Waals surface area contributed by atoms with Gasteiger partial charge in [0.1, 0.15) is 5.75 Å². The molecular weight excluding hydrogens is 363 g/mol. The zero-order valence-electron chi connectivity index (χ0n) is 12.6. The number of nitrogens with zero attached hydrogens (tertiary/aromatic N) is 1. The Labute approximate surface area is 150 Å². The summed E-state index contributed by atoms with van der Waals surface area (Å²) in [6, 6.07) is 6.93. The number of morpholine rings is 1. The molecule has 1 heterocycles. The molecule has 0 radical (unpaired) electrons. The van der Waals surface area contributed by atoms with Crippen LogP contribution >= 0.6 is 34.8 Å². The van der Waals surface area contributed by atoms with Crippen molar-refractivity contribution < 1.29 is 14.3 Å². The molecule has 0 aliphatic carbocycles. The summed E-state index contributed by atoms with van der Waals surface area (Å²) in [5.74, 6) is 0.0422. The second kappa shape index (κ2) is 8.94. The predicted molar refractivity (Wildman–Crippen MR) is 92.7 cm³/mol. The number of ether oxygens (including phenoxy) is 2. The number of anilines is 1. The average Bonchev–Trinajstić information content (AvgIpc) is 2.53. The standard InChI is InChI=1S/C15H19Cl3N2O3/c16-15(17,18)14(21)19-12-2-4-13(5-3-12)23-9-1-6-20-7-10-22-11-8-20/h2-5H,1,6-11H2,(H,19,21). The fraction of sp³-hybridized carbons (Fsp3) is 0.533. The number of carbonyl (C=O) groups excluding carboxylic acids is 1. The zero-order chi connectivity index (χ0) is 16.7. The summed E-state index contributed by atoms with van der Waals surface area (Å²) in [5.41, 5.74) is 0.544. The van der Waals surface area contributed by atoms with Crippen molar-refractivity contribution in [1.82, 2.24) is 4.90 Å². The van der Waals surface area contributed by atoms with E-state index >= 15 is 0 Å². The Morgan fingerprint density at radius 3 is 2.48 bits per heavy atom. The molecule has 1 amide bonds. The van der Waals surface area contributed by atoms with Gasteiger partial charge >= 0.3 is 0 Å². The van der Waals surface area contributed by atoms with Gasteiger partial charge in [-0.15, -0.1) is 0 Å². The second-order valence-corrected chi connectivity index (χ2v) is 7.41. The molecule has 1 saturated heterocycles. The first kappa shape index (κ1) is 18.6. The topological polar surface area (TPSA) is 50.8 Å². The van der Waals surface area contributed by atoms with Crippen molar-refractivity contribution in [2.45, 2.75) is 10.2 Å². The van der Waals surface area contributed by atoms with Gasteiger partial charge < -0.3 is 14.8 Å². The molecule has 0 bridgehead atoms. The highest BCUT2D eigenvalue weighted by molar-refractivity contribution is 6.76. The van der Waals surface area contributed by atoms with E-state index in [2.05, 4.69) is 10.2 Å². The maximum absolute atomic E-state index is 11.5. The highest BCUT2D eigenvalue weighted by Crippen LogP contribution is 2.28. The lowest BCUT2D eigenvalue weighted by Crippen LogP contribution is -2.37. The first-order valence-corrected chi connectivity index (χ1v) is 8.50. The van der Waals surface area contributed by atoms with Crippen molar-refractivity contribution in [2.75, 3.05) is 44.8 Å². The van der Waals surface area contributed by atoms with E-state index in [9.17, 15) is 4.79 Å². The van der Waals surface area contributed by atoms with Crippen LogP contribution in [0.1, 0.15) is 6.42 Å². The van der Waals surface area contributed by atoms with Crippen LogP contribution in [0.25, 0.3) is 0 Å². The van der Waals surface area contributed by atoms with E-state index < -0.39 is 9.70 Å². The van der Waals surface area contributed by atoms with E-state index in [-0.39, 0.29) is 0 Å². The normalized spacial score (nSPS) is 16.1. The van der Waals surface area contributed by atoms with Crippen molar-refractivity contribution in [2.24, 2.45) is 0 Å². The molecule has 1 aromatic carbocycles. The van der Waals surface area contributed by atoms with Crippen molar-refractivity contribution in [3.05, 3.63) is 24.3 Å².